The third-order valence-corrected chi connectivity index (χ3v) is 4.72. The summed E-state index contributed by atoms with van der Waals surface area (Å²) in [6.07, 6.45) is 17.0. The predicted molar refractivity (Wildman–Crippen MR) is 82.3 cm³/mol. The Hall–Kier alpha value is -0.230. The van der Waals surface area contributed by atoms with Crippen LogP contribution in [0, 0.1) is 12.3 Å². The molecule has 1 heterocycles. The van der Waals surface area contributed by atoms with Crippen LogP contribution >= 0.6 is 27.5 Å². The second-order valence-electron chi connectivity index (χ2n) is 4.40. The lowest BCUT2D eigenvalue weighted by Crippen LogP contribution is -2.34. The van der Waals surface area contributed by atoms with Gasteiger partial charge in [0.25, 0.3) is 0 Å². The van der Waals surface area contributed by atoms with Gasteiger partial charge in [0.1, 0.15) is 0 Å². The highest BCUT2D eigenvalue weighted by molar-refractivity contribution is 9.09. The Morgan fingerprint density at radius 1 is 1.56 bits per heavy atom. The lowest BCUT2D eigenvalue weighted by Gasteiger charge is -2.30. The van der Waals surface area contributed by atoms with Crippen molar-refractivity contribution >= 4 is 27.5 Å². The van der Waals surface area contributed by atoms with Gasteiger partial charge in [0.15, 0.2) is 0 Å². The van der Waals surface area contributed by atoms with Crippen molar-refractivity contribution in [3.8, 4) is 12.3 Å². The Kier molecular flexibility index (Phi) is 7.74. The van der Waals surface area contributed by atoms with Gasteiger partial charge in [-0.15, -0.1) is 18.0 Å². The van der Waals surface area contributed by atoms with Crippen LogP contribution in [0.3, 0.4) is 0 Å². The Balaban J connectivity index is 2.69. The lowest BCUT2D eigenvalue weighted by molar-refractivity contribution is -0.0122. The zero-order valence-electron chi connectivity index (χ0n) is 10.7. The molecule has 18 heavy (non-hydrogen) atoms. The maximum atomic E-state index is 6.37. The summed E-state index contributed by atoms with van der Waals surface area (Å²) in [5.74, 6) is 2.49. The molecule has 0 fully saturated rings. The maximum absolute atomic E-state index is 6.37. The van der Waals surface area contributed by atoms with Gasteiger partial charge in [-0.2, -0.15) is 0 Å². The van der Waals surface area contributed by atoms with Crippen LogP contribution in [0.1, 0.15) is 32.6 Å². The van der Waals surface area contributed by atoms with Crippen LogP contribution in [0.25, 0.3) is 0 Å². The highest BCUT2D eigenvalue weighted by Crippen LogP contribution is 2.26. The van der Waals surface area contributed by atoms with Crippen LogP contribution < -0.4 is 0 Å². The largest absolute Gasteiger partial charge is 0.372 e. The first-order valence-electron chi connectivity index (χ1n) is 6.38. The summed E-state index contributed by atoms with van der Waals surface area (Å²) in [7, 11) is 0. The topological polar surface area (TPSA) is 9.23 Å². The minimum absolute atomic E-state index is 0.00281. The molecule has 0 N–H and O–H groups in total. The number of hydrogen-bond donors (Lipinski definition) is 0. The molecule has 1 aliphatic rings. The van der Waals surface area contributed by atoms with Gasteiger partial charge in [-0.1, -0.05) is 47.0 Å². The predicted octanol–water partition coefficient (Wildman–Crippen LogP) is 4.45. The number of ether oxygens (including phenoxy) is 1. The molecule has 3 heteroatoms. The molecule has 0 saturated carbocycles. The number of hydrogen-bond acceptors (Lipinski definition) is 1. The first kappa shape index (κ1) is 15.8. The molecule has 0 saturated heterocycles. The van der Waals surface area contributed by atoms with E-state index < -0.39 is 0 Å². The number of terminal acetylenes is 1. The molecule has 0 aliphatic carbocycles. The lowest BCUT2D eigenvalue weighted by atomic mass is 10.0. The normalized spacial score (nSPS) is 32.4. The standard InChI is InChI=1S/C15H20BrClO/c1-3-5-6-11-15-13(17)9-7-8-10-14(18-15)12(16)4-2/h1,5-8,12-15H,4,9-11H2,2H3/b6-5+,8-7-/t12-,13-,14+,15-/m0/s1. The molecule has 0 amide bonds. The van der Waals surface area contributed by atoms with Gasteiger partial charge in [-0.3, -0.25) is 0 Å². The average Bonchev–Trinajstić information content (AvgIpc) is 2.37. The van der Waals surface area contributed by atoms with Crippen molar-refractivity contribution in [2.24, 2.45) is 0 Å². The van der Waals surface area contributed by atoms with Crippen molar-refractivity contribution in [3.05, 3.63) is 24.3 Å². The summed E-state index contributed by atoms with van der Waals surface area (Å²) in [6.45, 7) is 2.15. The molecule has 0 unspecified atom stereocenters. The highest BCUT2D eigenvalue weighted by Gasteiger charge is 2.26. The van der Waals surface area contributed by atoms with Crippen molar-refractivity contribution in [1.29, 1.82) is 0 Å². The number of halogens is 2. The first-order chi connectivity index (χ1) is 8.69. The molecule has 0 aromatic carbocycles. The van der Waals surface area contributed by atoms with E-state index in [-0.39, 0.29) is 17.6 Å². The van der Waals surface area contributed by atoms with E-state index >= 15 is 0 Å². The summed E-state index contributed by atoms with van der Waals surface area (Å²) in [6, 6.07) is 0. The molecule has 100 valence electrons. The average molecular weight is 332 g/mol. The summed E-state index contributed by atoms with van der Waals surface area (Å²) in [5, 5.41) is 0.00281. The molecular formula is C15H20BrClO. The Bertz CT molecular complexity index is 332. The molecule has 0 aromatic heterocycles. The molecule has 0 aromatic rings. The van der Waals surface area contributed by atoms with Crippen LogP contribution in [-0.4, -0.2) is 22.4 Å². The van der Waals surface area contributed by atoms with Crippen molar-refractivity contribution < 1.29 is 4.74 Å². The Morgan fingerprint density at radius 3 is 2.94 bits per heavy atom. The van der Waals surface area contributed by atoms with Crippen LogP contribution in [0.2, 0.25) is 0 Å². The van der Waals surface area contributed by atoms with E-state index in [2.05, 4.69) is 40.9 Å². The van der Waals surface area contributed by atoms with E-state index in [1.807, 2.05) is 6.08 Å². The van der Waals surface area contributed by atoms with E-state index in [1.54, 1.807) is 6.08 Å². The zero-order chi connectivity index (χ0) is 13.4. The monoisotopic (exact) mass is 330 g/mol. The second-order valence-corrected chi connectivity index (χ2v) is 6.14. The second kappa shape index (κ2) is 8.80. The Morgan fingerprint density at radius 2 is 2.28 bits per heavy atom. The van der Waals surface area contributed by atoms with Gasteiger partial charge in [-0.05, 0) is 31.8 Å². The van der Waals surface area contributed by atoms with E-state index in [4.69, 9.17) is 22.8 Å². The molecular weight excluding hydrogens is 312 g/mol. The van der Waals surface area contributed by atoms with Gasteiger partial charge >= 0.3 is 0 Å². The molecule has 0 bridgehead atoms. The first-order valence-corrected chi connectivity index (χ1v) is 7.74. The SMILES string of the molecule is C#C/C=C/C[C@@H]1O[C@@H]([C@@H](Br)CC)C/C=C\C[C@@H]1Cl. The molecule has 0 spiro atoms. The number of alkyl halides is 2. The summed E-state index contributed by atoms with van der Waals surface area (Å²) < 4.78 is 6.15. The minimum Gasteiger partial charge on any atom is -0.372 e. The molecule has 0 radical (unpaired) electrons. The fourth-order valence-corrected chi connectivity index (χ4v) is 2.55. The van der Waals surface area contributed by atoms with E-state index in [1.165, 1.54) is 0 Å². The third-order valence-electron chi connectivity index (χ3n) is 3.03. The zero-order valence-corrected chi connectivity index (χ0v) is 13.0. The summed E-state index contributed by atoms with van der Waals surface area (Å²) in [4.78, 5) is 0.364. The Labute approximate surface area is 124 Å². The quantitative estimate of drug-likeness (QED) is 0.420. The van der Waals surface area contributed by atoms with Crippen LogP contribution in [0.15, 0.2) is 24.3 Å². The summed E-state index contributed by atoms with van der Waals surface area (Å²) >= 11 is 10.1. The van der Waals surface area contributed by atoms with Crippen LogP contribution in [0.4, 0.5) is 0 Å². The van der Waals surface area contributed by atoms with E-state index in [0.717, 1.165) is 25.7 Å². The van der Waals surface area contributed by atoms with Crippen molar-refractivity contribution in [2.45, 2.75) is 55.0 Å². The molecule has 1 nitrogen and oxygen atoms in total. The maximum Gasteiger partial charge on any atom is 0.0780 e. The van der Waals surface area contributed by atoms with Crippen LogP contribution in [-0.2, 0) is 4.74 Å². The van der Waals surface area contributed by atoms with Gasteiger partial charge in [0.2, 0.25) is 0 Å². The highest BCUT2D eigenvalue weighted by atomic mass is 79.9. The third kappa shape index (κ3) is 5.18. The molecule has 1 rings (SSSR count). The van der Waals surface area contributed by atoms with Gasteiger partial charge in [0, 0.05) is 4.83 Å². The number of rotatable bonds is 4. The van der Waals surface area contributed by atoms with Gasteiger partial charge in [0.05, 0.1) is 17.6 Å². The smallest absolute Gasteiger partial charge is 0.0780 e. The molecule has 4 atom stereocenters. The summed E-state index contributed by atoms with van der Waals surface area (Å²) in [5.41, 5.74) is 0. The van der Waals surface area contributed by atoms with Crippen molar-refractivity contribution in [1.82, 2.24) is 0 Å². The van der Waals surface area contributed by atoms with Gasteiger partial charge in [-0.25, -0.2) is 0 Å². The fraction of sp³-hybridized carbons (Fsp3) is 0.600. The van der Waals surface area contributed by atoms with E-state index in [0.29, 0.717) is 4.83 Å². The van der Waals surface area contributed by atoms with Crippen molar-refractivity contribution in [2.75, 3.05) is 0 Å². The van der Waals surface area contributed by atoms with E-state index in [9.17, 15) is 0 Å². The molecule has 1 aliphatic heterocycles. The minimum atomic E-state index is 0.00281. The fourth-order valence-electron chi connectivity index (χ4n) is 1.94. The van der Waals surface area contributed by atoms with Gasteiger partial charge < -0.3 is 4.74 Å². The van der Waals surface area contributed by atoms with Crippen molar-refractivity contribution in [3.63, 3.8) is 0 Å². The van der Waals surface area contributed by atoms with Crippen LogP contribution in [0.5, 0.6) is 0 Å². The number of allylic oxidation sites excluding steroid dienone is 2.